The predicted molar refractivity (Wildman–Crippen MR) is 54.3 cm³/mol. The second-order valence-electron chi connectivity index (χ2n) is 3.67. The Kier molecular flexibility index (Phi) is 2.54. The molecule has 13 heavy (non-hydrogen) atoms. The molecule has 0 aromatic carbocycles. The second-order valence-corrected chi connectivity index (χ2v) is 3.67. The highest BCUT2D eigenvalue weighted by Gasteiger charge is 2.14. The van der Waals surface area contributed by atoms with Crippen LogP contribution in [0.25, 0.3) is 0 Å². The van der Waals surface area contributed by atoms with E-state index in [1.54, 1.807) is 0 Å². The van der Waals surface area contributed by atoms with Crippen molar-refractivity contribution in [3.63, 3.8) is 0 Å². The van der Waals surface area contributed by atoms with Crippen LogP contribution in [0, 0.1) is 0 Å². The summed E-state index contributed by atoms with van der Waals surface area (Å²) in [6, 6.07) is 0. The summed E-state index contributed by atoms with van der Waals surface area (Å²) in [6.45, 7) is 5.61. The van der Waals surface area contributed by atoms with Crippen molar-refractivity contribution in [2.24, 2.45) is 0 Å². The van der Waals surface area contributed by atoms with Crippen molar-refractivity contribution in [2.75, 3.05) is 39.8 Å². The third-order valence-corrected chi connectivity index (χ3v) is 2.64. The van der Waals surface area contributed by atoms with Gasteiger partial charge in [-0.3, -0.25) is 0 Å². The lowest BCUT2D eigenvalue weighted by molar-refractivity contribution is 0.189. The largest absolute Gasteiger partial charge is 0.386 e. The van der Waals surface area contributed by atoms with Crippen molar-refractivity contribution in [3.8, 4) is 0 Å². The van der Waals surface area contributed by atoms with Gasteiger partial charge in [0.15, 0.2) is 0 Å². The van der Waals surface area contributed by atoms with Gasteiger partial charge in [0.05, 0.1) is 5.70 Å². The number of dihydropyridines is 1. The number of rotatable bonds is 1. The van der Waals surface area contributed by atoms with Crippen molar-refractivity contribution >= 4 is 0 Å². The summed E-state index contributed by atoms with van der Waals surface area (Å²) < 4.78 is 0. The van der Waals surface area contributed by atoms with Gasteiger partial charge in [0, 0.05) is 38.9 Å². The number of piperazine rings is 1. The van der Waals surface area contributed by atoms with Crippen LogP contribution in [0.5, 0.6) is 0 Å². The molecular weight excluding hydrogens is 162 g/mol. The van der Waals surface area contributed by atoms with E-state index in [4.69, 9.17) is 0 Å². The lowest BCUT2D eigenvalue weighted by Gasteiger charge is -2.35. The molecule has 0 saturated carbocycles. The van der Waals surface area contributed by atoms with Crippen LogP contribution in [0.1, 0.15) is 0 Å². The van der Waals surface area contributed by atoms with E-state index in [1.165, 1.54) is 18.8 Å². The molecule has 0 aliphatic carbocycles. The van der Waals surface area contributed by atoms with Gasteiger partial charge in [-0.1, -0.05) is 6.08 Å². The molecule has 2 aliphatic heterocycles. The molecule has 3 nitrogen and oxygen atoms in total. The minimum atomic E-state index is 0.969. The maximum Gasteiger partial charge on any atom is 0.0524 e. The average Bonchev–Trinajstić information content (AvgIpc) is 2.20. The molecule has 2 heterocycles. The number of hydrogen-bond acceptors (Lipinski definition) is 3. The molecule has 1 N–H and O–H groups in total. The topological polar surface area (TPSA) is 18.5 Å². The van der Waals surface area contributed by atoms with E-state index >= 15 is 0 Å². The van der Waals surface area contributed by atoms with E-state index < -0.39 is 0 Å². The summed E-state index contributed by atoms with van der Waals surface area (Å²) in [7, 11) is 2.18. The summed E-state index contributed by atoms with van der Waals surface area (Å²) in [6.07, 6.45) is 6.50. The fourth-order valence-corrected chi connectivity index (χ4v) is 1.72. The quantitative estimate of drug-likeness (QED) is 0.622. The van der Waals surface area contributed by atoms with Crippen LogP contribution in [0.2, 0.25) is 0 Å². The zero-order valence-corrected chi connectivity index (χ0v) is 8.16. The first-order valence-corrected chi connectivity index (χ1v) is 4.90. The molecule has 0 atom stereocenters. The molecule has 0 aromatic heterocycles. The van der Waals surface area contributed by atoms with Crippen molar-refractivity contribution in [3.05, 3.63) is 24.0 Å². The summed E-state index contributed by atoms with van der Waals surface area (Å²) in [5.74, 6) is 0. The number of hydrogen-bond donors (Lipinski definition) is 1. The molecular formula is C10H17N3. The molecule has 1 saturated heterocycles. The Morgan fingerprint density at radius 3 is 2.62 bits per heavy atom. The molecule has 72 valence electrons. The summed E-state index contributed by atoms with van der Waals surface area (Å²) in [5.41, 5.74) is 1.33. The lowest BCUT2D eigenvalue weighted by atomic mass is 10.2. The standard InChI is InChI=1S/C10H17N3/c1-12-5-7-13(8-6-12)10-3-2-4-11-9-10/h2-3,9,11H,4-8H2,1H3. The Labute approximate surface area is 79.7 Å². The minimum absolute atomic E-state index is 0.969. The van der Waals surface area contributed by atoms with Gasteiger partial charge in [-0.25, -0.2) is 0 Å². The number of nitrogens with zero attached hydrogens (tertiary/aromatic N) is 2. The fraction of sp³-hybridized carbons (Fsp3) is 0.600. The van der Waals surface area contributed by atoms with Crippen LogP contribution in [0.3, 0.4) is 0 Å². The van der Waals surface area contributed by atoms with E-state index in [-0.39, 0.29) is 0 Å². The Bertz CT molecular complexity index is 224. The van der Waals surface area contributed by atoms with Gasteiger partial charge in [-0.15, -0.1) is 0 Å². The average molecular weight is 179 g/mol. The first-order chi connectivity index (χ1) is 6.36. The maximum atomic E-state index is 3.24. The third-order valence-electron chi connectivity index (χ3n) is 2.64. The van der Waals surface area contributed by atoms with Crippen LogP contribution in [-0.2, 0) is 0 Å². The normalized spacial score (nSPS) is 24.1. The molecule has 3 heteroatoms. The lowest BCUT2D eigenvalue weighted by Crippen LogP contribution is -2.44. The van der Waals surface area contributed by atoms with Gasteiger partial charge in [0.25, 0.3) is 0 Å². The predicted octanol–water partition coefficient (Wildman–Crippen LogP) is 0.235. The Hall–Kier alpha value is -0.960. The van der Waals surface area contributed by atoms with Gasteiger partial charge in [0.1, 0.15) is 0 Å². The number of nitrogens with one attached hydrogen (secondary N) is 1. The van der Waals surface area contributed by atoms with Crippen LogP contribution < -0.4 is 5.32 Å². The SMILES string of the molecule is CN1CCN(C2=CNCC=C2)CC1. The van der Waals surface area contributed by atoms with Gasteiger partial charge in [-0.2, -0.15) is 0 Å². The van der Waals surface area contributed by atoms with Crippen molar-refractivity contribution in [1.29, 1.82) is 0 Å². The van der Waals surface area contributed by atoms with Crippen LogP contribution in [0.15, 0.2) is 24.0 Å². The Morgan fingerprint density at radius 2 is 2.00 bits per heavy atom. The minimum Gasteiger partial charge on any atom is -0.386 e. The summed E-state index contributed by atoms with van der Waals surface area (Å²) in [4.78, 5) is 4.81. The highest BCUT2D eigenvalue weighted by molar-refractivity contribution is 5.21. The summed E-state index contributed by atoms with van der Waals surface area (Å²) in [5, 5.41) is 3.24. The highest BCUT2D eigenvalue weighted by Crippen LogP contribution is 2.10. The monoisotopic (exact) mass is 179 g/mol. The van der Waals surface area contributed by atoms with Gasteiger partial charge >= 0.3 is 0 Å². The van der Waals surface area contributed by atoms with Crippen LogP contribution in [-0.4, -0.2) is 49.6 Å². The maximum absolute atomic E-state index is 3.24. The molecule has 1 fully saturated rings. The van der Waals surface area contributed by atoms with E-state index in [1.807, 2.05) is 0 Å². The van der Waals surface area contributed by atoms with E-state index in [2.05, 4.69) is 40.5 Å². The Morgan fingerprint density at radius 1 is 1.23 bits per heavy atom. The van der Waals surface area contributed by atoms with Crippen LogP contribution in [0.4, 0.5) is 0 Å². The molecule has 0 amide bonds. The summed E-state index contributed by atoms with van der Waals surface area (Å²) >= 11 is 0. The first-order valence-electron chi connectivity index (χ1n) is 4.90. The highest BCUT2D eigenvalue weighted by atomic mass is 15.3. The smallest absolute Gasteiger partial charge is 0.0524 e. The molecule has 0 bridgehead atoms. The number of allylic oxidation sites excluding steroid dienone is 1. The van der Waals surface area contributed by atoms with Crippen molar-refractivity contribution in [1.82, 2.24) is 15.1 Å². The van der Waals surface area contributed by atoms with Crippen molar-refractivity contribution in [2.45, 2.75) is 0 Å². The molecule has 2 rings (SSSR count). The van der Waals surface area contributed by atoms with Gasteiger partial charge < -0.3 is 15.1 Å². The zero-order chi connectivity index (χ0) is 9.10. The Balaban J connectivity index is 1.94. The molecule has 0 radical (unpaired) electrons. The molecule has 2 aliphatic rings. The second kappa shape index (κ2) is 3.83. The fourth-order valence-electron chi connectivity index (χ4n) is 1.72. The molecule has 0 aromatic rings. The third kappa shape index (κ3) is 2.04. The molecule has 0 unspecified atom stereocenters. The van der Waals surface area contributed by atoms with E-state index in [0.717, 1.165) is 19.6 Å². The first kappa shape index (κ1) is 8.63. The van der Waals surface area contributed by atoms with E-state index in [9.17, 15) is 0 Å². The zero-order valence-electron chi connectivity index (χ0n) is 8.16. The van der Waals surface area contributed by atoms with Gasteiger partial charge in [-0.05, 0) is 13.1 Å². The van der Waals surface area contributed by atoms with Crippen LogP contribution >= 0.6 is 0 Å². The van der Waals surface area contributed by atoms with Gasteiger partial charge in [0.2, 0.25) is 0 Å². The van der Waals surface area contributed by atoms with Crippen molar-refractivity contribution < 1.29 is 0 Å². The number of likely N-dealkylation sites (N-methyl/N-ethyl adjacent to an activating group) is 1. The molecule has 0 spiro atoms. The van der Waals surface area contributed by atoms with E-state index in [0.29, 0.717) is 0 Å².